The Kier molecular flexibility index (Phi) is 5.30. The second-order valence-electron chi connectivity index (χ2n) is 6.80. The first kappa shape index (κ1) is 19.5. The number of hydrogen-bond donors (Lipinski definition) is 2. The first-order valence-corrected chi connectivity index (χ1v) is 9.77. The number of imidazole rings is 1. The van der Waals surface area contributed by atoms with E-state index >= 15 is 0 Å². The molecule has 1 aliphatic heterocycles. The van der Waals surface area contributed by atoms with Crippen molar-refractivity contribution in [3.05, 3.63) is 75.7 Å². The summed E-state index contributed by atoms with van der Waals surface area (Å²) in [6.07, 6.45) is 1.13. The van der Waals surface area contributed by atoms with Crippen LogP contribution >= 0.6 is 23.2 Å². The van der Waals surface area contributed by atoms with E-state index in [1.54, 1.807) is 37.4 Å². The summed E-state index contributed by atoms with van der Waals surface area (Å²) in [5.41, 5.74) is 2.88. The molecule has 1 aromatic heterocycles. The molecule has 2 aromatic carbocycles. The minimum Gasteiger partial charge on any atom is -0.448 e. The molecule has 0 spiro atoms. The predicted octanol–water partition coefficient (Wildman–Crippen LogP) is 4.34. The Hall–Kier alpha value is -2.83. The molecule has 3 aromatic rings. The molecule has 0 radical (unpaired) electrons. The number of fused-ring (bicyclic) bond motifs is 1. The van der Waals surface area contributed by atoms with Crippen molar-refractivity contribution in [2.45, 2.75) is 25.5 Å². The van der Waals surface area contributed by atoms with Gasteiger partial charge in [-0.1, -0.05) is 47.5 Å². The van der Waals surface area contributed by atoms with E-state index in [0.717, 1.165) is 16.8 Å². The van der Waals surface area contributed by atoms with Crippen molar-refractivity contribution in [3.8, 4) is 11.3 Å². The van der Waals surface area contributed by atoms with Gasteiger partial charge in [-0.3, -0.25) is 4.79 Å². The lowest BCUT2D eigenvalue weighted by molar-refractivity contribution is -0.131. The molecule has 4 rings (SSSR count). The quantitative estimate of drug-likeness (QED) is 0.603. The maximum Gasteiger partial charge on any atom is 0.339 e. The van der Waals surface area contributed by atoms with Gasteiger partial charge < -0.3 is 15.0 Å². The van der Waals surface area contributed by atoms with E-state index in [1.807, 2.05) is 18.2 Å². The number of nitrogens with one attached hydrogen (secondary N) is 2. The van der Waals surface area contributed by atoms with E-state index in [0.29, 0.717) is 27.9 Å². The lowest BCUT2D eigenvalue weighted by Crippen LogP contribution is -2.42. The molecule has 2 heterocycles. The summed E-state index contributed by atoms with van der Waals surface area (Å²) >= 11 is 12.0. The van der Waals surface area contributed by atoms with Gasteiger partial charge in [0, 0.05) is 12.0 Å². The highest BCUT2D eigenvalue weighted by Gasteiger charge is 2.32. The molecule has 8 heteroatoms. The van der Waals surface area contributed by atoms with Crippen LogP contribution in [0.15, 0.2) is 48.7 Å². The number of rotatable bonds is 4. The summed E-state index contributed by atoms with van der Waals surface area (Å²) < 4.78 is 5.30. The van der Waals surface area contributed by atoms with Crippen LogP contribution in [0.25, 0.3) is 11.3 Å². The first-order valence-electron chi connectivity index (χ1n) is 9.02. The number of aromatic amines is 1. The third-order valence-electron chi connectivity index (χ3n) is 4.78. The van der Waals surface area contributed by atoms with E-state index in [-0.39, 0.29) is 5.91 Å². The van der Waals surface area contributed by atoms with Crippen molar-refractivity contribution < 1.29 is 14.3 Å². The van der Waals surface area contributed by atoms with Gasteiger partial charge in [0.25, 0.3) is 5.91 Å². The average Bonchev–Trinajstić information content (AvgIpc) is 3.20. The Morgan fingerprint density at radius 3 is 2.83 bits per heavy atom. The first-order chi connectivity index (χ1) is 13.9. The second kappa shape index (κ2) is 7.89. The molecule has 0 saturated heterocycles. The zero-order valence-electron chi connectivity index (χ0n) is 15.4. The number of hydrogen-bond acceptors (Lipinski definition) is 4. The van der Waals surface area contributed by atoms with Crippen LogP contribution in [-0.4, -0.2) is 27.9 Å². The van der Waals surface area contributed by atoms with Crippen molar-refractivity contribution in [3.63, 3.8) is 0 Å². The van der Waals surface area contributed by atoms with Gasteiger partial charge in [0.1, 0.15) is 5.82 Å². The summed E-state index contributed by atoms with van der Waals surface area (Å²) in [6, 6.07) is 12.0. The van der Waals surface area contributed by atoms with Gasteiger partial charge in [-0.25, -0.2) is 9.78 Å². The summed E-state index contributed by atoms with van der Waals surface area (Å²) in [5, 5.41) is 3.76. The molecule has 2 atom stereocenters. The Labute approximate surface area is 177 Å². The van der Waals surface area contributed by atoms with Crippen LogP contribution in [0.5, 0.6) is 0 Å². The molecule has 0 bridgehead atoms. The maximum atomic E-state index is 12.6. The van der Waals surface area contributed by atoms with Crippen molar-refractivity contribution >= 4 is 35.1 Å². The highest BCUT2D eigenvalue weighted by Crippen LogP contribution is 2.28. The lowest BCUT2D eigenvalue weighted by Gasteiger charge is -2.24. The number of carbonyl (C=O) groups excluding carboxylic acids is 2. The molecular weight excluding hydrogens is 413 g/mol. The number of ether oxygens (including phenoxy) is 1. The van der Waals surface area contributed by atoms with Crippen LogP contribution in [0.1, 0.15) is 34.7 Å². The number of benzene rings is 2. The number of cyclic esters (lactones) is 1. The molecule has 0 fully saturated rings. The van der Waals surface area contributed by atoms with Crippen LogP contribution in [-0.2, 0) is 16.0 Å². The van der Waals surface area contributed by atoms with E-state index in [9.17, 15) is 9.59 Å². The Balaban J connectivity index is 1.45. The van der Waals surface area contributed by atoms with Crippen molar-refractivity contribution in [2.24, 2.45) is 0 Å². The minimum absolute atomic E-state index is 0.340. The molecule has 0 aliphatic carbocycles. The molecule has 0 saturated carbocycles. The largest absolute Gasteiger partial charge is 0.448 e. The zero-order valence-corrected chi connectivity index (χ0v) is 16.9. The molecule has 29 heavy (non-hydrogen) atoms. The second-order valence-corrected chi connectivity index (χ2v) is 7.61. The lowest BCUT2D eigenvalue weighted by atomic mass is 9.98. The van der Waals surface area contributed by atoms with Crippen LogP contribution < -0.4 is 5.32 Å². The average molecular weight is 430 g/mol. The maximum absolute atomic E-state index is 12.6. The Bertz CT molecular complexity index is 1100. The van der Waals surface area contributed by atoms with Crippen molar-refractivity contribution in [1.29, 1.82) is 0 Å². The Morgan fingerprint density at radius 1 is 1.24 bits per heavy atom. The van der Waals surface area contributed by atoms with Crippen molar-refractivity contribution in [2.75, 3.05) is 0 Å². The smallest absolute Gasteiger partial charge is 0.339 e. The molecule has 1 amide bonds. The van der Waals surface area contributed by atoms with Crippen LogP contribution in [0.2, 0.25) is 10.0 Å². The van der Waals surface area contributed by atoms with E-state index in [2.05, 4.69) is 15.3 Å². The van der Waals surface area contributed by atoms with Crippen LogP contribution in [0.3, 0.4) is 0 Å². The molecule has 148 valence electrons. The SMILES string of the molecule is C[C@H](NC(=O)[C@@H]1Cc2ccccc2C(=O)O1)c1ncc(-c2ccc(Cl)c(Cl)c2)[nH]1. The third kappa shape index (κ3) is 3.99. The number of nitrogens with zero attached hydrogens (tertiary/aromatic N) is 1. The molecule has 6 nitrogen and oxygen atoms in total. The van der Waals surface area contributed by atoms with Gasteiger partial charge in [0.2, 0.25) is 0 Å². The summed E-state index contributed by atoms with van der Waals surface area (Å²) in [6.45, 7) is 1.80. The standard InChI is InChI=1S/C21H17Cl2N3O3/c1-11(19-24-10-17(26-19)13-6-7-15(22)16(23)8-13)25-20(27)18-9-12-4-2-3-5-14(12)21(28)29-18/h2-8,10-11,18H,9H2,1H3,(H,24,26)(H,25,27)/t11-,18-/m0/s1. The fourth-order valence-electron chi connectivity index (χ4n) is 3.22. The summed E-state index contributed by atoms with van der Waals surface area (Å²) in [5.74, 6) is -0.283. The predicted molar refractivity (Wildman–Crippen MR) is 110 cm³/mol. The number of H-pyrrole nitrogens is 1. The molecular formula is C21H17Cl2N3O3. The van der Waals surface area contributed by atoms with Crippen LogP contribution in [0.4, 0.5) is 0 Å². The highest BCUT2D eigenvalue weighted by molar-refractivity contribution is 6.42. The number of halogens is 2. The summed E-state index contributed by atoms with van der Waals surface area (Å²) in [7, 11) is 0. The topological polar surface area (TPSA) is 84.1 Å². The highest BCUT2D eigenvalue weighted by atomic mass is 35.5. The van der Waals surface area contributed by atoms with Gasteiger partial charge in [-0.2, -0.15) is 0 Å². The normalized spacial score (nSPS) is 16.7. The number of aromatic nitrogens is 2. The summed E-state index contributed by atoms with van der Waals surface area (Å²) in [4.78, 5) is 32.3. The van der Waals surface area contributed by atoms with Gasteiger partial charge in [-0.05, 0) is 30.7 Å². The van der Waals surface area contributed by atoms with E-state index in [4.69, 9.17) is 27.9 Å². The minimum atomic E-state index is -0.871. The molecule has 1 aliphatic rings. The number of carbonyl (C=O) groups is 2. The zero-order chi connectivity index (χ0) is 20.5. The van der Waals surface area contributed by atoms with Gasteiger partial charge in [0.05, 0.1) is 33.5 Å². The monoisotopic (exact) mass is 429 g/mol. The molecule has 0 unspecified atom stereocenters. The van der Waals surface area contributed by atoms with E-state index < -0.39 is 18.1 Å². The van der Waals surface area contributed by atoms with Crippen LogP contribution in [0, 0.1) is 0 Å². The third-order valence-corrected chi connectivity index (χ3v) is 5.52. The molecule has 2 N–H and O–H groups in total. The number of amides is 1. The number of esters is 1. The van der Waals surface area contributed by atoms with Crippen molar-refractivity contribution in [1.82, 2.24) is 15.3 Å². The fraction of sp³-hybridized carbons (Fsp3) is 0.190. The Morgan fingerprint density at radius 2 is 2.03 bits per heavy atom. The van der Waals surface area contributed by atoms with Gasteiger partial charge >= 0.3 is 5.97 Å². The van der Waals surface area contributed by atoms with Gasteiger partial charge in [-0.15, -0.1) is 0 Å². The van der Waals surface area contributed by atoms with E-state index in [1.165, 1.54) is 0 Å². The fourth-order valence-corrected chi connectivity index (χ4v) is 3.52. The van der Waals surface area contributed by atoms with Gasteiger partial charge in [0.15, 0.2) is 6.10 Å².